The van der Waals surface area contributed by atoms with Crippen LogP contribution in [0.15, 0.2) is 18.2 Å². The number of ether oxygens (including phenoxy) is 1. The van der Waals surface area contributed by atoms with Crippen molar-refractivity contribution >= 4 is 11.4 Å². The lowest BCUT2D eigenvalue weighted by molar-refractivity contribution is 0.120. The molecule has 0 saturated carbocycles. The number of anilines is 2. The van der Waals surface area contributed by atoms with Gasteiger partial charge in [0.25, 0.3) is 0 Å². The Labute approximate surface area is 134 Å². The standard InChI is InChI=1S/C19H30N2O/c1-4-14-12-19(3,5-2)21-18-9-8-15(11-17(14)18)20-13-16-7-6-10-22-16/h8-9,11,14,16,20-21H,4-7,10,12-13H2,1-3H3. The number of fused-ring (bicyclic) bond motifs is 1. The molecule has 2 aliphatic rings. The Morgan fingerprint density at radius 1 is 1.36 bits per heavy atom. The Bertz CT molecular complexity index is 510. The van der Waals surface area contributed by atoms with Gasteiger partial charge in [0, 0.05) is 30.1 Å². The van der Waals surface area contributed by atoms with Gasteiger partial charge in [0.15, 0.2) is 0 Å². The summed E-state index contributed by atoms with van der Waals surface area (Å²) in [5.74, 6) is 0.658. The molecule has 1 aromatic rings. The molecule has 0 spiro atoms. The fraction of sp³-hybridized carbons (Fsp3) is 0.684. The third-order valence-corrected chi connectivity index (χ3v) is 5.46. The maximum atomic E-state index is 5.70. The van der Waals surface area contributed by atoms with E-state index >= 15 is 0 Å². The first-order chi connectivity index (χ1) is 10.6. The average Bonchev–Trinajstić information content (AvgIpc) is 3.05. The molecular weight excluding hydrogens is 272 g/mol. The van der Waals surface area contributed by atoms with Crippen molar-refractivity contribution in [2.75, 3.05) is 23.8 Å². The SMILES string of the molecule is CCC1CC(C)(CC)Nc2ccc(NCC3CCCO3)cc21. The monoisotopic (exact) mass is 302 g/mol. The zero-order valence-corrected chi connectivity index (χ0v) is 14.2. The van der Waals surface area contributed by atoms with Gasteiger partial charge in [-0.3, -0.25) is 0 Å². The number of benzene rings is 1. The van der Waals surface area contributed by atoms with Gasteiger partial charge in [-0.25, -0.2) is 0 Å². The predicted molar refractivity (Wildman–Crippen MR) is 93.9 cm³/mol. The van der Waals surface area contributed by atoms with Crippen molar-refractivity contribution in [2.24, 2.45) is 0 Å². The van der Waals surface area contributed by atoms with E-state index in [0.717, 1.165) is 13.2 Å². The van der Waals surface area contributed by atoms with Crippen molar-refractivity contribution in [3.8, 4) is 0 Å². The number of hydrogen-bond donors (Lipinski definition) is 2. The summed E-state index contributed by atoms with van der Waals surface area (Å²) >= 11 is 0. The van der Waals surface area contributed by atoms with E-state index in [-0.39, 0.29) is 5.54 Å². The molecule has 2 heterocycles. The van der Waals surface area contributed by atoms with Crippen LogP contribution in [0.25, 0.3) is 0 Å². The lowest BCUT2D eigenvalue weighted by atomic mass is 9.77. The molecule has 3 rings (SSSR count). The topological polar surface area (TPSA) is 33.3 Å². The van der Waals surface area contributed by atoms with E-state index in [1.165, 1.54) is 49.0 Å². The smallest absolute Gasteiger partial charge is 0.0748 e. The molecule has 3 heteroatoms. The highest BCUT2D eigenvalue weighted by Gasteiger charge is 2.33. The van der Waals surface area contributed by atoms with Crippen LogP contribution in [0.2, 0.25) is 0 Å². The molecule has 0 aliphatic carbocycles. The van der Waals surface area contributed by atoms with Gasteiger partial charge in [-0.15, -0.1) is 0 Å². The van der Waals surface area contributed by atoms with E-state index < -0.39 is 0 Å². The lowest BCUT2D eigenvalue weighted by Gasteiger charge is -2.41. The molecule has 3 unspecified atom stereocenters. The molecule has 22 heavy (non-hydrogen) atoms. The third kappa shape index (κ3) is 3.24. The van der Waals surface area contributed by atoms with Gasteiger partial charge in [0.2, 0.25) is 0 Å². The normalized spacial score (nSPS) is 30.7. The van der Waals surface area contributed by atoms with Crippen LogP contribution in [-0.4, -0.2) is 24.8 Å². The number of hydrogen-bond acceptors (Lipinski definition) is 3. The molecule has 3 nitrogen and oxygen atoms in total. The highest BCUT2D eigenvalue weighted by Crippen LogP contribution is 2.42. The third-order valence-electron chi connectivity index (χ3n) is 5.46. The van der Waals surface area contributed by atoms with E-state index in [1.54, 1.807) is 0 Å². The van der Waals surface area contributed by atoms with Crippen molar-refractivity contribution in [3.63, 3.8) is 0 Å². The summed E-state index contributed by atoms with van der Waals surface area (Å²) in [6.45, 7) is 8.79. The van der Waals surface area contributed by atoms with Gasteiger partial charge < -0.3 is 15.4 Å². The van der Waals surface area contributed by atoms with Crippen LogP contribution >= 0.6 is 0 Å². The zero-order chi connectivity index (χ0) is 15.6. The van der Waals surface area contributed by atoms with Crippen LogP contribution in [0.3, 0.4) is 0 Å². The van der Waals surface area contributed by atoms with Crippen molar-refractivity contribution < 1.29 is 4.74 Å². The second-order valence-corrected chi connectivity index (χ2v) is 7.17. The molecule has 3 atom stereocenters. The maximum absolute atomic E-state index is 5.70. The highest BCUT2D eigenvalue weighted by molar-refractivity contribution is 5.63. The second kappa shape index (κ2) is 6.49. The first kappa shape index (κ1) is 15.7. The van der Waals surface area contributed by atoms with E-state index in [4.69, 9.17) is 4.74 Å². The van der Waals surface area contributed by atoms with Crippen LogP contribution in [0, 0.1) is 0 Å². The Balaban J connectivity index is 1.74. The van der Waals surface area contributed by atoms with Crippen LogP contribution in [0.1, 0.15) is 64.4 Å². The molecule has 2 aliphatic heterocycles. The molecule has 0 radical (unpaired) electrons. The van der Waals surface area contributed by atoms with Crippen molar-refractivity contribution in [1.82, 2.24) is 0 Å². The summed E-state index contributed by atoms with van der Waals surface area (Å²) in [5.41, 5.74) is 4.27. The van der Waals surface area contributed by atoms with Gasteiger partial charge >= 0.3 is 0 Å². The molecule has 1 aromatic carbocycles. The summed E-state index contributed by atoms with van der Waals surface area (Å²) in [4.78, 5) is 0. The Hall–Kier alpha value is -1.22. The van der Waals surface area contributed by atoms with E-state index in [2.05, 4.69) is 49.6 Å². The Morgan fingerprint density at radius 2 is 2.23 bits per heavy atom. The summed E-state index contributed by atoms with van der Waals surface area (Å²) in [6, 6.07) is 6.80. The average molecular weight is 302 g/mol. The van der Waals surface area contributed by atoms with Crippen molar-refractivity contribution in [2.45, 2.75) is 70.4 Å². The minimum Gasteiger partial charge on any atom is -0.382 e. The second-order valence-electron chi connectivity index (χ2n) is 7.17. The van der Waals surface area contributed by atoms with E-state index in [9.17, 15) is 0 Å². The van der Waals surface area contributed by atoms with Crippen LogP contribution in [0.4, 0.5) is 11.4 Å². The Kier molecular flexibility index (Phi) is 4.62. The Morgan fingerprint density at radius 3 is 2.91 bits per heavy atom. The molecule has 0 aromatic heterocycles. The minimum absolute atomic E-state index is 0.236. The quantitative estimate of drug-likeness (QED) is 0.823. The highest BCUT2D eigenvalue weighted by atomic mass is 16.5. The fourth-order valence-corrected chi connectivity index (χ4v) is 3.79. The predicted octanol–water partition coefficient (Wildman–Crippen LogP) is 4.76. The first-order valence-electron chi connectivity index (χ1n) is 8.91. The number of nitrogens with one attached hydrogen (secondary N) is 2. The minimum atomic E-state index is 0.236. The molecule has 0 bridgehead atoms. The van der Waals surface area contributed by atoms with E-state index in [1.807, 2.05) is 0 Å². The fourth-order valence-electron chi connectivity index (χ4n) is 3.79. The summed E-state index contributed by atoms with van der Waals surface area (Å²) < 4.78 is 5.70. The van der Waals surface area contributed by atoms with Crippen molar-refractivity contribution in [3.05, 3.63) is 23.8 Å². The van der Waals surface area contributed by atoms with Crippen LogP contribution in [0.5, 0.6) is 0 Å². The molecule has 1 saturated heterocycles. The van der Waals surface area contributed by atoms with Gasteiger partial charge in [0.05, 0.1) is 6.10 Å². The number of rotatable bonds is 5. The van der Waals surface area contributed by atoms with Gasteiger partial charge in [-0.05, 0) is 68.7 Å². The molecule has 122 valence electrons. The van der Waals surface area contributed by atoms with Crippen molar-refractivity contribution in [1.29, 1.82) is 0 Å². The van der Waals surface area contributed by atoms with Crippen LogP contribution in [-0.2, 0) is 4.74 Å². The van der Waals surface area contributed by atoms with Gasteiger partial charge in [-0.2, -0.15) is 0 Å². The molecule has 2 N–H and O–H groups in total. The largest absolute Gasteiger partial charge is 0.382 e. The lowest BCUT2D eigenvalue weighted by Crippen LogP contribution is -2.39. The molecular formula is C19H30N2O. The maximum Gasteiger partial charge on any atom is 0.0748 e. The first-order valence-corrected chi connectivity index (χ1v) is 8.91. The summed E-state index contributed by atoms with van der Waals surface area (Å²) in [6.07, 6.45) is 6.38. The summed E-state index contributed by atoms with van der Waals surface area (Å²) in [7, 11) is 0. The van der Waals surface area contributed by atoms with Gasteiger partial charge in [-0.1, -0.05) is 13.8 Å². The molecule has 1 fully saturated rings. The van der Waals surface area contributed by atoms with Crippen LogP contribution < -0.4 is 10.6 Å². The van der Waals surface area contributed by atoms with Gasteiger partial charge in [0.1, 0.15) is 0 Å². The van der Waals surface area contributed by atoms with E-state index in [0.29, 0.717) is 12.0 Å². The zero-order valence-electron chi connectivity index (χ0n) is 14.2. The summed E-state index contributed by atoms with van der Waals surface area (Å²) in [5, 5.41) is 7.32. The molecule has 0 amide bonds.